The number of benzene rings is 2. The van der Waals surface area contributed by atoms with Crippen LogP contribution in [0, 0.1) is 12.3 Å². The van der Waals surface area contributed by atoms with Crippen molar-refractivity contribution in [3.8, 4) is 18.1 Å². The van der Waals surface area contributed by atoms with Crippen molar-refractivity contribution in [2.45, 2.75) is 12.8 Å². The number of hydrogen-bond donors (Lipinski definition) is 1. The van der Waals surface area contributed by atoms with Gasteiger partial charge in [-0.05, 0) is 35.4 Å². The number of methoxy groups -OCH3 is 1. The second-order valence-electron chi connectivity index (χ2n) is 5.28. The van der Waals surface area contributed by atoms with Crippen LogP contribution in [0.25, 0.3) is 10.8 Å². The van der Waals surface area contributed by atoms with Gasteiger partial charge in [0, 0.05) is 0 Å². The van der Waals surface area contributed by atoms with Gasteiger partial charge in [-0.25, -0.2) is 0 Å². The van der Waals surface area contributed by atoms with Crippen molar-refractivity contribution in [2.24, 2.45) is 0 Å². The molecule has 5 nitrogen and oxygen atoms in total. The molecule has 24 heavy (non-hydrogen) atoms. The fraction of sp³-hybridized carbons (Fsp3) is 0.263. The Morgan fingerprint density at radius 3 is 2.62 bits per heavy atom. The fourth-order valence-electron chi connectivity index (χ4n) is 2.24. The van der Waals surface area contributed by atoms with Crippen LogP contribution in [0.15, 0.2) is 36.4 Å². The number of nitrogens with one attached hydrogen (secondary N) is 1. The normalized spacial score (nSPS) is 11.4. The molecule has 2 rings (SSSR count). The topological polar surface area (TPSA) is 64.6 Å². The lowest BCUT2D eigenvalue weighted by molar-refractivity contribution is -0.149. The van der Waals surface area contributed by atoms with Gasteiger partial charge in [0.05, 0.1) is 19.6 Å². The maximum absolute atomic E-state index is 12.1. The maximum Gasteiger partial charge on any atom is 0.313 e. The Morgan fingerprint density at radius 2 is 1.92 bits per heavy atom. The van der Waals surface area contributed by atoms with E-state index in [4.69, 9.17) is 15.9 Å². The molecule has 5 heteroatoms. The van der Waals surface area contributed by atoms with Crippen LogP contribution in [-0.2, 0) is 14.3 Å². The highest BCUT2D eigenvalue weighted by Crippen LogP contribution is 2.25. The van der Waals surface area contributed by atoms with E-state index in [2.05, 4.69) is 11.2 Å². The van der Waals surface area contributed by atoms with Crippen LogP contribution in [0.5, 0.6) is 5.75 Å². The lowest BCUT2D eigenvalue weighted by Gasteiger charge is -2.13. The Morgan fingerprint density at radius 1 is 1.21 bits per heavy atom. The maximum atomic E-state index is 12.1. The lowest BCUT2D eigenvalue weighted by atomic mass is 9.98. The number of ether oxygens (including phenoxy) is 2. The van der Waals surface area contributed by atoms with Crippen LogP contribution in [0.4, 0.5) is 0 Å². The second-order valence-corrected chi connectivity index (χ2v) is 5.28. The first kappa shape index (κ1) is 17.4. The molecule has 1 amide bonds. The minimum atomic E-state index is -0.475. The summed E-state index contributed by atoms with van der Waals surface area (Å²) in [5, 5.41) is 4.46. The Labute approximate surface area is 140 Å². The van der Waals surface area contributed by atoms with Crippen molar-refractivity contribution in [1.29, 1.82) is 0 Å². The third kappa shape index (κ3) is 4.26. The highest BCUT2D eigenvalue weighted by molar-refractivity contribution is 5.87. The third-order valence-electron chi connectivity index (χ3n) is 3.66. The summed E-state index contributed by atoms with van der Waals surface area (Å²) in [6.45, 7) is 1.52. The number of amides is 1. The first-order valence-electron chi connectivity index (χ1n) is 7.49. The van der Waals surface area contributed by atoms with Gasteiger partial charge in [-0.3, -0.25) is 9.59 Å². The van der Waals surface area contributed by atoms with Crippen molar-refractivity contribution in [3.63, 3.8) is 0 Å². The van der Waals surface area contributed by atoms with E-state index in [1.165, 1.54) is 0 Å². The minimum absolute atomic E-state index is 0.111. The van der Waals surface area contributed by atoms with Crippen molar-refractivity contribution in [2.75, 3.05) is 20.3 Å². The van der Waals surface area contributed by atoms with Crippen molar-refractivity contribution in [1.82, 2.24) is 5.32 Å². The molecular formula is C19H19NO4. The van der Waals surface area contributed by atoms with Gasteiger partial charge in [0.15, 0.2) is 6.61 Å². The molecule has 124 valence electrons. The highest BCUT2D eigenvalue weighted by atomic mass is 16.5. The number of carbonyl (C=O) groups excluding carboxylic acids is 2. The molecule has 0 spiro atoms. The van der Waals surface area contributed by atoms with Crippen LogP contribution >= 0.6 is 0 Å². The number of esters is 1. The molecule has 0 radical (unpaired) electrons. The summed E-state index contributed by atoms with van der Waals surface area (Å²) in [5.41, 5.74) is 0.821. The molecule has 0 heterocycles. The molecule has 0 saturated carbocycles. The SMILES string of the molecule is C#CCNC(=O)COC(=O)[C@@H](C)c1ccc2cc(OC)ccc2c1. The summed E-state index contributed by atoms with van der Waals surface area (Å²) in [6.07, 6.45) is 5.04. The van der Waals surface area contributed by atoms with Gasteiger partial charge in [-0.2, -0.15) is 0 Å². The molecule has 0 aliphatic heterocycles. The fourth-order valence-corrected chi connectivity index (χ4v) is 2.24. The van der Waals surface area contributed by atoms with Crippen molar-refractivity contribution < 1.29 is 19.1 Å². The molecule has 0 saturated heterocycles. The van der Waals surface area contributed by atoms with E-state index in [0.29, 0.717) is 0 Å². The third-order valence-corrected chi connectivity index (χ3v) is 3.66. The predicted octanol–water partition coefficient (Wildman–Crippen LogP) is 2.24. The van der Waals surface area contributed by atoms with E-state index in [1.807, 2.05) is 36.4 Å². The summed E-state index contributed by atoms with van der Waals surface area (Å²) < 4.78 is 10.2. The van der Waals surface area contributed by atoms with Crippen LogP contribution in [-0.4, -0.2) is 32.1 Å². The van der Waals surface area contributed by atoms with Gasteiger partial charge >= 0.3 is 5.97 Å². The van der Waals surface area contributed by atoms with Crippen molar-refractivity contribution >= 4 is 22.6 Å². The Hall–Kier alpha value is -3.00. The number of carbonyl (C=O) groups is 2. The molecule has 0 aliphatic carbocycles. The standard InChI is InChI=1S/C19H19NO4/c1-4-9-20-18(21)12-24-19(22)13(2)14-5-6-16-11-17(23-3)8-7-15(16)10-14/h1,5-8,10-11,13H,9,12H2,2-3H3,(H,20,21)/t13-/m0/s1. The zero-order valence-electron chi connectivity index (χ0n) is 13.7. The quantitative estimate of drug-likeness (QED) is 0.653. The summed E-state index contributed by atoms with van der Waals surface area (Å²) in [7, 11) is 1.62. The zero-order valence-corrected chi connectivity index (χ0v) is 13.7. The second kappa shape index (κ2) is 8.02. The van der Waals surface area contributed by atoms with Crippen LogP contribution < -0.4 is 10.1 Å². The number of hydrogen-bond acceptors (Lipinski definition) is 4. The van der Waals surface area contributed by atoms with E-state index < -0.39 is 17.8 Å². The van der Waals surface area contributed by atoms with Gasteiger partial charge < -0.3 is 14.8 Å². The molecule has 0 fully saturated rings. The molecule has 0 aliphatic rings. The van der Waals surface area contributed by atoms with Gasteiger partial charge in [0.1, 0.15) is 5.75 Å². The summed E-state index contributed by atoms with van der Waals surface area (Å²) in [5.74, 6) is 1.70. The van der Waals surface area contributed by atoms with Crippen LogP contribution in [0.3, 0.4) is 0 Å². The number of terminal acetylenes is 1. The lowest BCUT2D eigenvalue weighted by Crippen LogP contribution is -2.29. The summed E-state index contributed by atoms with van der Waals surface area (Å²) in [6, 6.07) is 11.5. The molecule has 2 aromatic rings. The predicted molar refractivity (Wildman–Crippen MR) is 91.7 cm³/mol. The number of fused-ring (bicyclic) bond motifs is 1. The average molecular weight is 325 g/mol. The molecular weight excluding hydrogens is 306 g/mol. The molecule has 1 atom stereocenters. The first-order valence-corrected chi connectivity index (χ1v) is 7.49. The van der Waals surface area contributed by atoms with E-state index >= 15 is 0 Å². The smallest absolute Gasteiger partial charge is 0.313 e. The van der Waals surface area contributed by atoms with E-state index in [-0.39, 0.29) is 13.2 Å². The van der Waals surface area contributed by atoms with Gasteiger partial charge in [0.2, 0.25) is 0 Å². The Bertz CT molecular complexity index is 792. The average Bonchev–Trinajstić information content (AvgIpc) is 2.62. The molecule has 0 bridgehead atoms. The van der Waals surface area contributed by atoms with Crippen molar-refractivity contribution in [3.05, 3.63) is 42.0 Å². The van der Waals surface area contributed by atoms with E-state index in [9.17, 15) is 9.59 Å². The molecule has 2 aromatic carbocycles. The molecule has 1 N–H and O–H groups in total. The summed E-state index contributed by atoms with van der Waals surface area (Å²) in [4.78, 5) is 23.5. The first-order chi connectivity index (χ1) is 11.5. The number of rotatable bonds is 6. The highest BCUT2D eigenvalue weighted by Gasteiger charge is 2.18. The van der Waals surface area contributed by atoms with Crippen LogP contribution in [0.2, 0.25) is 0 Å². The zero-order chi connectivity index (χ0) is 17.5. The van der Waals surface area contributed by atoms with Gasteiger partial charge in [-0.1, -0.05) is 30.2 Å². The molecule has 0 aromatic heterocycles. The Balaban J connectivity index is 2.04. The monoisotopic (exact) mass is 325 g/mol. The van der Waals surface area contributed by atoms with E-state index in [0.717, 1.165) is 22.1 Å². The summed E-state index contributed by atoms with van der Waals surface area (Å²) >= 11 is 0. The van der Waals surface area contributed by atoms with Crippen LogP contribution in [0.1, 0.15) is 18.4 Å². The van der Waals surface area contributed by atoms with Gasteiger partial charge in [0.25, 0.3) is 5.91 Å². The molecule has 0 unspecified atom stereocenters. The largest absolute Gasteiger partial charge is 0.497 e. The Kier molecular flexibility index (Phi) is 5.80. The minimum Gasteiger partial charge on any atom is -0.497 e. The van der Waals surface area contributed by atoms with E-state index in [1.54, 1.807) is 14.0 Å². The van der Waals surface area contributed by atoms with Gasteiger partial charge in [-0.15, -0.1) is 6.42 Å².